The number of hydrogen-bond donors (Lipinski definition) is 3. The van der Waals surface area contributed by atoms with E-state index in [0.717, 1.165) is 24.9 Å². The van der Waals surface area contributed by atoms with E-state index in [4.69, 9.17) is 26.4 Å². The summed E-state index contributed by atoms with van der Waals surface area (Å²) >= 11 is 13.4. The quantitative estimate of drug-likeness (QED) is 0.0696. The summed E-state index contributed by atoms with van der Waals surface area (Å²) < 4.78 is 20.0. The lowest BCUT2D eigenvalue weighted by atomic mass is 9.95. The summed E-state index contributed by atoms with van der Waals surface area (Å²) in [6.07, 6.45) is 1.54. The summed E-state index contributed by atoms with van der Waals surface area (Å²) in [6, 6.07) is 18.4. The maximum Gasteiger partial charge on any atom is 0.338 e. The molecule has 43 heavy (non-hydrogen) atoms. The number of esters is 1. The molecule has 0 aromatic heterocycles. The van der Waals surface area contributed by atoms with E-state index in [1.54, 1.807) is 38.3 Å². The molecule has 0 aliphatic carbocycles. The number of amides is 1. The topological polar surface area (TPSA) is 110 Å². The third kappa shape index (κ3) is 9.12. The van der Waals surface area contributed by atoms with Gasteiger partial charge in [0.2, 0.25) is 0 Å². The monoisotopic (exact) mass is 888 g/mol. The Kier molecular flexibility index (Phi) is 12.2. The predicted octanol–water partition coefficient (Wildman–Crippen LogP) is 6.12. The van der Waals surface area contributed by atoms with Gasteiger partial charge in [-0.15, -0.1) is 0 Å². The third-order valence-corrected chi connectivity index (χ3v) is 8.40. The van der Waals surface area contributed by atoms with Crippen molar-refractivity contribution in [3.8, 4) is 11.5 Å². The first-order chi connectivity index (χ1) is 20.7. The van der Waals surface area contributed by atoms with Crippen LogP contribution in [0.2, 0.25) is 0 Å². The number of nitrogens with zero attached hydrogens (tertiary/aromatic N) is 1. The molecule has 1 amide bonds. The molecule has 0 unspecified atom stereocenters. The predicted molar refractivity (Wildman–Crippen MR) is 189 cm³/mol. The highest BCUT2D eigenvalue weighted by atomic mass is 127. The second-order valence-electron chi connectivity index (χ2n) is 9.14. The zero-order valence-electron chi connectivity index (χ0n) is 23.1. The molecular formula is C30H27BrI2N4O5S. The number of halogens is 3. The van der Waals surface area contributed by atoms with Gasteiger partial charge in [0.15, 0.2) is 11.7 Å². The maximum atomic E-state index is 12.7. The molecular weight excluding hydrogens is 862 g/mol. The fourth-order valence-corrected chi connectivity index (χ4v) is 6.54. The van der Waals surface area contributed by atoms with Gasteiger partial charge in [-0.05, 0) is 129 Å². The Bertz CT molecular complexity index is 1560. The van der Waals surface area contributed by atoms with E-state index < -0.39 is 17.9 Å². The Labute approximate surface area is 290 Å². The second-order valence-corrected chi connectivity index (χ2v) is 12.8. The Hall–Kier alpha value is -2.76. The first kappa shape index (κ1) is 33.1. The highest BCUT2D eigenvalue weighted by Gasteiger charge is 2.32. The average Bonchev–Trinajstić information content (AvgIpc) is 2.96. The Morgan fingerprint density at radius 1 is 1.12 bits per heavy atom. The number of ether oxygens (including phenoxy) is 3. The lowest BCUT2D eigenvalue weighted by Gasteiger charge is -2.30. The number of rotatable bonds is 11. The molecule has 0 spiro atoms. The van der Waals surface area contributed by atoms with Gasteiger partial charge in [-0.1, -0.05) is 30.3 Å². The van der Waals surface area contributed by atoms with Crippen molar-refractivity contribution in [1.29, 1.82) is 0 Å². The van der Waals surface area contributed by atoms with Crippen molar-refractivity contribution in [2.75, 3.05) is 13.2 Å². The van der Waals surface area contributed by atoms with Gasteiger partial charge in [0, 0.05) is 14.8 Å². The van der Waals surface area contributed by atoms with Crippen LogP contribution in [-0.4, -0.2) is 36.4 Å². The Morgan fingerprint density at radius 3 is 2.58 bits per heavy atom. The van der Waals surface area contributed by atoms with Crippen LogP contribution in [0.25, 0.3) is 0 Å². The van der Waals surface area contributed by atoms with E-state index in [2.05, 4.69) is 82.3 Å². The molecule has 1 aliphatic rings. The summed E-state index contributed by atoms with van der Waals surface area (Å²) in [5, 5.41) is 10.5. The lowest BCUT2D eigenvalue weighted by Crippen LogP contribution is -2.45. The molecule has 0 saturated heterocycles. The van der Waals surface area contributed by atoms with E-state index in [9.17, 15) is 9.59 Å². The summed E-state index contributed by atoms with van der Waals surface area (Å²) in [7, 11) is 0. The van der Waals surface area contributed by atoms with E-state index in [-0.39, 0.29) is 13.2 Å². The minimum Gasteiger partial charge on any atom is -0.487 e. The Balaban J connectivity index is 1.37. The molecule has 13 heteroatoms. The summed E-state index contributed by atoms with van der Waals surface area (Å²) in [5.41, 5.74) is 5.93. The SMILES string of the molecule is CCOC(=O)C1=C(C)NC(=S)N[C@@H]1c1ccccc1OCC(=O)NN=Cc1cc(Br)c(OCc2ccc(I)cc2)c(I)c1. The first-order valence-electron chi connectivity index (χ1n) is 13.0. The number of carbonyl (C=O) groups excluding carboxylic acids is 2. The number of hydrogen-bond acceptors (Lipinski definition) is 7. The van der Waals surface area contributed by atoms with Gasteiger partial charge in [-0.3, -0.25) is 4.79 Å². The van der Waals surface area contributed by atoms with Crippen molar-refractivity contribution >= 4 is 96.5 Å². The standard InChI is InChI=1S/C30H27BrI2N4O5S/c1-3-40-29(39)26-17(2)35-30(43)36-27(26)21-6-4-5-7-24(21)41-16-25(38)37-34-14-19-12-22(31)28(23(33)13-19)42-15-18-8-10-20(32)11-9-18/h4-14,27H,3,15-16H2,1-2H3,(H,37,38)(H2,35,36,43)/t27-/m1/s1. The van der Waals surface area contributed by atoms with Crippen molar-refractivity contribution < 1.29 is 23.8 Å². The molecule has 0 fully saturated rings. The molecule has 3 aromatic carbocycles. The van der Waals surface area contributed by atoms with Crippen molar-refractivity contribution in [3.63, 3.8) is 0 Å². The molecule has 0 bridgehead atoms. The normalized spacial score (nSPS) is 14.6. The molecule has 1 aliphatic heterocycles. The van der Waals surface area contributed by atoms with Crippen molar-refractivity contribution in [1.82, 2.24) is 16.1 Å². The number of thiocarbonyl (C=S) groups is 1. The van der Waals surface area contributed by atoms with Crippen LogP contribution in [0, 0.1) is 7.14 Å². The van der Waals surface area contributed by atoms with E-state index in [1.807, 2.05) is 42.5 Å². The van der Waals surface area contributed by atoms with Crippen molar-refractivity contribution in [2.24, 2.45) is 5.10 Å². The number of nitrogens with one attached hydrogen (secondary N) is 3. The van der Waals surface area contributed by atoms with Gasteiger partial charge < -0.3 is 24.8 Å². The fraction of sp³-hybridized carbons (Fsp3) is 0.200. The van der Waals surface area contributed by atoms with Gasteiger partial charge >= 0.3 is 5.97 Å². The summed E-state index contributed by atoms with van der Waals surface area (Å²) in [5.74, 6) is 0.218. The molecule has 3 aromatic rings. The van der Waals surface area contributed by atoms with Crippen molar-refractivity contribution in [2.45, 2.75) is 26.5 Å². The van der Waals surface area contributed by atoms with E-state index >= 15 is 0 Å². The Morgan fingerprint density at radius 2 is 1.86 bits per heavy atom. The molecule has 3 N–H and O–H groups in total. The zero-order chi connectivity index (χ0) is 30.9. The number of para-hydroxylation sites is 1. The zero-order valence-corrected chi connectivity index (χ0v) is 29.8. The van der Waals surface area contributed by atoms with Crippen LogP contribution in [-0.2, 0) is 20.9 Å². The van der Waals surface area contributed by atoms with Crippen LogP contribution in [0.3, 0.4) is 0 Å². The molecule has 224 valence electrons. The smallest absolute Gasteiger partial charge is 0.338 e. The number of carbonyl (C=O) groups is 2. The molecule has 0 saturated carbocycles. The largest absolute Gasteiger partial charge is 0.487 e. The minimum absolute atomic E-state index is 0.230. The number of benzene rings is 3. The average molecular weight is 889 g/mol. The molecule has 1 heterocycles. The van der Waals surface area contributed by atoms with Gasteiger partial charge in [0.1, 0.15) is 18.1 Å². The van der Waals surface area contributed by atoms with Crippen LogP contribution >= 0.6 is 73.3 Å². The van der Waals surface area contributed by atoms with Gasteiger partial charge in [-0.2, -0.15) is 5.10 Å². The number of allylic oxidation sites excluding steroid dienone is 1. The third-order valence-electron chi connectivity index (χ3n) is 6.07. The van der Waals surface area contributed by atoms with Crippen LogP contribution in [0.4, 0.5) is 0 Å². The number of hydrazone groups is 1. The highest BCUT2D eigenvalue weighted by molar-refractivity contribution is 14.1. The first-order valence-corrected chi connectivity index (χ1v) is 16.4. The van der Waals surface area contributed by atoms with Gasteiger partial charge in [0.25, 0.3) is 5.91 Å². The van der Waals surface area contributed by atoms with Gasteiger partial charge in [-0.25, -0.2) is 10.2 Å². The molecule has 0 radical (unpaired) electrons. The highest BCUT2D eigenvalue weighted by Crippen LogP contribution is 2.34. The summed E-state index contributed by atoms with van der Waals surface area (Å²) in [4.78, 5) is 25.3. The van der Waals surface area contributed by atoms with Crippen molar-refractivity contribution in [3.05, 3.63) is 100 Å². The van der Waals surface area contributed by atoms with Crippen LogP contribution in [0.15, 0.2) is 81.5 Å². The van der Waals surface area contributed by atoms with Crippen LogP contribution in [0.1, 0.15) is 36.6 Å². The van der Waals surface area contributed by atoms with Crippen LogP contribution < -0.4 is 25.5 Å². The van der Waals surface area contributed by atoms with E-state index in [1.165, 1.54) is 3.57 Å². The van der Waals surface area contributed by atoms with Gasteiger partial charge in [0.05, 0.1) is 32.5 Å². The molecule has 1 atom stereocenters. The fourth-order valence-electron chi connectivity index (χ4n) is 4.14. The second kappa shape index (κ2) is 15.8. The summed E-state index contributed by atoms with van der Waals surface area (Å²) in [6.45, 7) is 3.87. The lowest BCUT2D eigenvalue weighted by molar-refractivity contribution is -0.139. The molecule has 9 nitrogen and oxygen atoms in total. The van der Waals surface area contributed by atoms with Crippen LogP contribution in [0.5, 0.6) is 11.5 Å². The van der Waals surface area contributed by atoms with E-state index in [0.29, 0.717) is 34.3 Å². The minimum atomic E-state index is -0.616. The maximum absolute atomic E-state index is 12.7. The molecule has 4 rings (SSSR count).